The number of carbonyl (C=O) groups is 2. The Labute approximate surface area is 107 Å². The largest absolute Gasteiger partial charge is 0.481 e. The number of ether oxygens (including phenoxy) is 1. The molecule has 1 aliphatic heterocycles. The van der Waals surface area contributed by atoms with Crippen molar-refractivity contribution in [1.82, 2.24) is 10.2 Å². The van der Waals surface area contributed by atoms with E-state index < -0.39 is 18.0 Å². The molecule has 0 radical (unpaired) electrons. The Morgan fingerprint density at radius 3 is 2.67 bits per heavy atom. The van der Waals surface area contributed by atoms with Crippen LogP contribution >= 0.6 is 0 Å². The van der Waals surface area contributed by atoms with E-state index in [1.165, 1.54) is 0 Å². The number of carbonyl (C=O) groups excluding carboxylic acids is 1. The molecule has 18 heavy (non-hydrogen) atoms. The minimum atomic E-state index is -0.800. The standard InChI is InChI=1S/C12H22N2O4/c1-3-5-14-7-9(11(15)16)6-10(8-14)13-12(17)18-4-2/h9-10H,3-8H2,1-2H3,(H,13,17)(H,15,16). The number of hydrogen-bond donors (Lipinski definition) is 2. The molecule has 0 spiro atoms. The number of carboxylic acid groups (broad SMARTS) is 1. The molecule has 0 aromatic carbocycles. The van der Waals surface area contributed by atoms with Gasteiger partial charge in [-0.1, -0.05) is 6.92 Å². The van der Waals surface area contributed by atoms with Crippen LogP contribution in [0.4, 0.5) is 4.79 Å². The SMILES string of the molecule is CCCN1CC(NC(=O)OCC)CC(C(=O)O)C1. The van der Waals surface area contributed by atoms with E-state index in [1.807, 2.05) is 0 Å². The molecule has 0 aromatic heterocycles. The molecule has 2 atom stereocenters. The lowest BCUT2D eigenvalue weighted by Gasteiger charge is -2.36. The van der Waals surface area contributed by atoms with Crippen LogP contribution in [0.5, 0.6) is 0 Å². The van der Waals surface area contributed by atoms with E-state index in [0.717, 1.165) is 13.0 Å². The highest BCUT2D eigenvalue weighted by Gasteiger charge is 2.32. The number of nitrogens with one attached hydrogen (secondary N) is 1. The molecule has 104 valence electrons. The zero-order chi connectivity index (χ0) is 13.5. The van der Waals surface area contributed by atoms with Crippen LogP contribution in [0, 0.1) is 5.92 Å². The monoisotopic (exact) mass is 258 g/mol. The summed E-state index contributed by atoms with van der Waals surface area (Å²) in [6, 6.07) is -0.148. The summed E-state index contributed by atoms with van der Waals surface area (Å²) < 4.78 is 4.82. The minimum Gasteiger partial charge on any atom is -0.481 e. The van der Waals surface area contributed by atoms with Gasteiger partial charge in [-0.25, -0.2) is 4.79 Å². The lowest BCUT2D eigenvalue weighted by atomic mass is 9.94. The van der Waals surface area contributed by atoms with Crippen LogP contribution in [0.25, 0.3) is 0 Å². The van der Waals surface area contributed by atoms with Gasteiger partial charge in [0, 0.05) is 19.1 Å². The Bertz CT molecular complexity index is 296. The zero-order valence-corrected chi connectivity index (χ0v) is 11.0. The summed E-state index contributed by atoms with van der Waals surface area (Å²) in [6.07, 6.45) is 0.970. The van der Waals surface area contributed by atoms with Crippen molar-refractivity contribution < 1.29 is 19.4 Å². The van der Waals surface area contributed by atoms with Gasteiger partial charge in [-0.3, -0.25) is 4.79 Å². The average Bonchev–Trinajstić information content (AvgIpc) is 2.29. The number of carboxylic acids is 1. The molecule has 1 aliphatic rings. The van der Waals surface area contributed by atoms with E-state index in [1.54, 1.807) is 6.92 Å². The molecule has 1 rings (SSSR count). The van der Waals surface area contributed by atoms with Crippen molar-refractivity contribution in [3.05, 3.63) is 0 Å². The minimum absolute atomic E-state index is 0.148. The number of likely N-dealkylation sites (tertiary alicyclic amines) is 1. The quantitative estimate of drug-likeness (QED) is 0.766. The number of alkyl carbamates (subject to hydrolysis) is 1. The summed E-state index contributed by atoms with van der Waals surface area (Å²) in [6.45, 7) is 6.22. The Balaban J connectivity index is 2.55. The fraction of sp³-hybridized carbons (Fsp3) is 0.833. The van der Waals surface area contributed by atoms with E-state index >= 15 is 0 Å². The molecule has 0 aromatic rings. The second kappa shape index (κ2) is 7.20. The van der Waals surface area contributed by atoms with Crippen molar-refractivity contribution >= 4 is 12.1 Å². The Hall–Kier alpha value is -1.30. The number of rotatable bonds is 5. The summed E-state index contributed by atoms with van der Waals surface area (Å²) in [5, 5.41) is 11.8. The highest BCUT2D eigenvalue weighted by molar-refractivity contribution is 5.71. The fourth-order valence-corrected chi connectivity index (χ4v) is 2.31. The van der Waals surface area contributed by atoms with Gasteiger partial charge in [0.2, 0.25) is 0 Å². The molecular weight excluding hydrogens is 236 g/mol. The van der Waals surface area contributed by atoms with Gasteiger partial charge in [0.25, 0.3) is 0 Å². The Morgan fingerprint density at radius 2 is 2.11 bits per heavy atom. The highest BCUT2D eigenvalue weighted by atomic mass is 16.5. The Morgan fingerprint density at radius 1 is 1.39 bits per heavy atom. The molecule has 2 N–H and O–H groups in total. The van der Waals surface area contributed by atoms with Crippen molar-refractivity contribution in [3.8, 4) is 0 Å². The van der Waals surface area contributed by atoms with Crippen molar-refractivity contribution in [2.24, 2.45) is 5.92 Å². The second-order valence-corrected chi connectivity index (χ2v) is 4.59. The average molecular weight is 258 g/mol. The lowest BCUT2D eigenvalue weighted by molar-refractivity contribution is -0.144. The molecule has 1 heterocycles. The topological polar surface area (TPSA) is 78.9 Å². The maximum absolute atomic E-state index is 11.4. The molecular formula is C12H22N2O4. The number of hydrogen-bond acceptors (Lipinski definition) is 4. The normalized spacial score (nSPS) is 24.6. The van der Waals surface area contributed by atoms with E-state index in [4.69, 9.17) is 9.84 Å². The van der Waals surface area contributed by atoms with Crippen LogP contribution in [0.1, 0.15) is 26.7 Å². The lowest BCUT2D eigenvalue weighted by Crippen LogP contribution is -2.52. The first kappa shape index (κ1) is 14.8. The van der Waals surface area contributed by atoms with Gasteiger partial charge in [-0.15, -0.1) is 0 Å². The summed E-state index contributed by atoms with van der Waals surface area (Å²) in [5.74, 6) is -1.22. The zero-order valence-electron chi connectivity index (χ0n) is 11.0. The van der Waals surface area contributed by atoms with Crippen LogP contribution in [-0.2, 0) is 9.53 Å². The molecule has 6 heteroatoms. The summed E-state index contributed by atoms with van der Waals surface area (Å²) in [4.78, 5) is 24.5. The predicted molar refractivity (Wildman–Crippen MR) is 66.4 cm³/mol. The molecule has 1 fully saturated rings. The number of nitrogens with zero attached hydrogens (tertiary/aromatic N) is 1. The smallest absolute Gasteiger partial charge is 0.407 e. The number of amides is 1. The van der Waals surface area contributed by atoms with Crippen LogP contribution in [0.3, 0.4) is 0 Å². The maximum atomic E-state index is 11.4. The van der Waals surface area contributed by atoms with E-state index in [-0.39, 0.29) is 6.04 Å². The van der Waals surface area contributed by atoms with Crippen LogP contribution < -0.4 is 5.32 Å². The first-order chi connectivity index (χ1) is 8.56. The summed E-state index contributed by atoms with van der Waals surface area (Å²) >= 11 is 0. The first-order valence-corrected chi connectivity index (χ1v) is 6.45. The van der Waals surface area contributed by atoms with E-state index in [2.05, 4.69) is 17.1 Å². The van der Waals surface area contributed by atoms with Crippen molar-refractivity contribution in [3.63, 3.8) is 0 Å². The highest BCUT2D eigenvalue weighted by Crippen LogP contribution is 2.17. The van der Waals surface area contributed by atoms with Crippen molar-refractivity contribution in [2.75, 3.05) is 26.2 Å². The van der Waals surface area contributed by atoms with Crippen LogP contribution in [0.15, 0.2) is 0 Å². The molecule has 2 unspecified atom stereocenters. The third-order valence-corrected chi connectivity index (χ3v) is 3.01. The van der Waals surface area contributed by atoms with Gasteiger partial charge in [-0.05, 0) is 26.3 Å². The van der Waals surface area contributed by atoms with Gasteiger partial charge in [0.15, 0.2) is 0 Å². The summed E-state index contributed by atoms with van der Waals surface area (Å²) in [7, 11) is 0. The van der Waals surface area contributed by atoms with Crippen LogP contribution in [0.2, 0.25) is 0 Å². The van der Waals surface area contributed by atoms with Crippen molar-refractivity contribution in [1.29, 1.82) is 0 Å². The number of piperidine rings is 1. The molecule has 0 aliphatic carbocycles. The van der Waals surface area contributed by atoms with Crippen molar-refractivity contribution in [2.45, 2.75) is 32.7 Å². The number of aliphatic carboxylic acids is 1. The second-order valence-electron chi connectivity index (χ2n) is 4.59. The first-order valence-electron chi connectivity index (χ1n) is 6.45. The van der Waals surface area contributed by atoms with E-state index in [0.29, 0.717) is 26.1 Å². The Kier molecular flexibility index (Phi) is 5.91. The molecule has 0 saturated carbocycles. The van der Waals surface area contributed by atoms with Gasteiger partial charge in [-0.2, -0.15) is 0 Å². The molecule has 1 amide bonds. The third-order valence-electron chi connectivity index (χ3n) is 3.01. The molecule has 6 nitrogen and oxygen atoms in total. The van der Waals surface area contributed by atoms with Gasteiger partial charge in [0.1, 0.15) is 0 Å². The fourth-order valence-electron chi connectivity index (χ4n) is 2.31. The van der Waals surface area contributed by atoms with E-state index in [9.17, 15) is 9.59 Å². The van der Waals surface area contributed by atoms with Gasteiger partial charge >= 0.3 is 12.1 Å². The third kappa shape index (κ3) is 4.52. The van der Waals surface area contributed by atoms with Gasteiger partial charge < -0.3 is 20.1 Å². The molecule has 0 bridgehead atoms. The predicted octanol–water partition coefficient (Wildman–Crippen LogP) is 0.918. The molecule has 1 saturated heterocycles. The van der Waals surface area contributed by atoms with Gasteiger partial charge in [0.05, 0.1) is 12.5 Å². The maximum Gasteiger partial charge on any atom is 0.407 e. The summed E-state index contributed by atoms with van der Waals surface area (Å²) in [5.41, 5.74) is 0. The van der Waals surface area contributed by atoms with Crippen LogP contribution in [-0.4, -0.2) is 54.4 Å².